The molecule has 8 nitrogen and oxygen atoms in total. The topological polar surface area (TPSA) is 96.0 Å². The summed E-state index contributed by atoms with van der Waals surface area (Å²) in [5.41, 5.74) is 1.53. The molecule has 0 aliphatic carbocycles. The Balaban J connectivity index is 1.27. The molecule has 8 heteroatoms. The van der Waals surface area contributed by atoms with Crippen LogP contribution in [0, 0.1) is 0 Å². The quantitative estimate of drug-likeness (QED) is 0.690. The van der Waals surface area contributed by atoms with Gasteiger partial charge in [0.25, 0.3) is 11.8 Å². The Hall–Kier alpha value is -3.68. The molecule has 1 N–H and O–H groups in total. The minimum absolute atomic E-state index is 0.0652. The summed E-state index contributed by atoms with van der Waals surface area (Å²) in [4.78, 5) is 52.3. The van der Waals surface area contributed by atoms with Gasteiger partial charge in [0.05, 0.1) is 24.3 Å². The number of hydrogen-bond acceptors (Lipinski definition) is 5. The van der Waals surface area contributed by atoms with E-state index in [9.17, 15) is 19.2 Å². The van der Waals surface area contributed by atoms with Crippen LogP contribution in [-0.2, 0) is 9.59 Å². The first-order chi connectivity index (χ1) is 15.0. The van der Waals surface area contributed by atoms with Gasteiger partial charge in [-0.3, -0.25) is 24.1 Å². The Bertz CT molecular complexity index is 1020. The molecule has 2 aliphatic heterocycles. The summed E-state index contributed by atoms with van der Waals surface area (Å²) in [6.45, 7) is 0.565. The number of hydrogen-bond donors (Lipinski definition) is 1. The van der Waals surface area contributed by atoms with E-state index in [1.165, 1.54) is 4.90 Å². The number of imide groups is 1. The van der Waals surface area contributed by atoms with Gasteiger partial charge in [-0.1, -0.05) is 18.2 Å². The normalized spacial score (nSPS) is 17.8. The third-order valence-electron chi connectivity index (χ3n) is 5.52. The van der Waals surface area contributed by atoms with E-state index < -0.39 is 0 Å². The van der Waals surface area contributed by atoms with Crippen molar-refractivity contribution in [3.8, 4) is 5.75 Å². The molecule has 0 bridgehead atoms. The van der Waals surface area contributed by atoms with Crippen LogP contribution in [0.3, 0.4) is 0 Å². The molecule has 1 fully saturated rings. The molecule has 2 aromatic carbocycles. The number of rotatable bonds is 7. The average Bonchev–Trinajstić information content (AvgIpc) is 3.26. The third kappa shape index (κ3) is 4.14. The summed E-state index contributed by atoms with van der Waals surface area (Å²) in [6.07, 6.45) is 0.746. The molecule has 1 saturated heterocycles. The van der Waals surface area contributed by atoms with Gasteiger partial charge in [0.1, 0.15) is 5.75 Å². The zero-order valence-electron chi connectivity index (χ0n) is 17.2. The average molecular weight is 421 g/mol. The lowest BCUT2D eigenvalue weighted by Gasteiger charge is -2.18. The standard InChI is InChI=1S/C23H23N3O5/c1-31-17-7-4-6-16(13-17)26-14-15(12-21(26)28)24-20(27)10-5-11-25-22(29)18-8-2-3-9-19(18)23(25)30/h2-4,6-9,13,15H,5,10-12,14H2,1H3,(H,24,27)/t15-/m1/s1. The molecule has 1 atom stereocenters. The van der Waals surface area contributed by atoms with E-state index in [0.29, 0.717) is 29.8 Å². The first-order valence-corrected chi connectivity index (χ1v) is 10.2. The second-order valence-electron chi connectivity index (χ2n) is 7.59. The zero-order chi connectivity index (χ0) is 22.0. The number of carbonyl (C=O) groups is 4. The van der Waals surface area contributed by atoms with Crippen LogP contribution in [0.15, 0.2) is 48.5 Å². The largest absolute Gasteiger partial charge is 0.497 e. The van der Waals surface area contributed by atoms with Crippen LogP contribution in [0.25, 0.3) is 0 Å². The van der Waals surface area contributed by atoms with Gasteiger partial charge in [-0.15, -0.1) is 0 Å². The lowest BCUT2D eigenvalue weighted by molar-refractivity contribution is -0.121. The number of amides is 4. The highest BCUT2D eigenvalue weighted by Crippen LogP contribution is 2.26. The van der Waals surface area contributed by atoms with E-state index >= 15 is 0 Å². The van der Waals surface area contributed by atoms with E-state index in [-0.39, 0.29) is 49.1 Å². The lowest BCUT2D eigenvalue weighted by Crippen LogP contribution is -2.37. The molecule has 2 aliphatic rings. The summed E-state index contributed by atoms with van der Waals surface area (Å²) >= 11 is 0. The van der Waals surface area contributed by atoms with Crippen LogP contribution in [0.2, 0.25) is 0 Å². The van der Waals surface area contributed by atoms with Crippen molar-refractivity contribution in [1.29, 1.82) is 0 Å². The Kier molecular flexibility index (Phi) is 5.70. The van der Waals surface area contributed by atoms with Crippen LogP contribution in [0.4, 0.5) is 5.69 Å². The molecular weight excluding hydrogens is 398 g/mol. The smallest absolute Gasteiger partial charge is 0.261 e. The number of methoxy groups -OCH3 is 1. The molecule has 4 rings (SSSR count). The Morgan fingerprint density at radius 2 is 1.77 bits per heavy atom. The fourth-order valence-corrected chi connectivity index (χ4v) is 3.97. The highest BCUT2D eigenvalue weighted by atomic mass is 16.5. The van der Waals surface area contributed by atoms with Gasteiger partial charge in [0.15, 0.2) is 0 Å². The predicted octanol–water partition coefficient (Wildman–Crippen LogP) is 1.99. The molecule has 0 unspecified atom stereocenters. The first-order valence-electron chi connectivity index (χ1n) is 10.2. The molecule has 160 valence electrons. The van der Waals surface area contributed by atoms with Gasteiger partial charge < -0.3 is 15.0 Å². The van der Waals surface area contributed by atoms with Crippen LogP contribution in [-0.4, -0.2) is 54.8 Å². The molecule has 2 aromatic rings. The number of nitrogens with zero attached hydrogens (tertiary/aromatic N) is 2. The van der Waals surface area contributed by atoms with Crippen molar-refractivity contribution < 1.29 is 23.9 Å². The molecule has 0 spiro atoms. The first kappa shape index (κ1) is 20.6. The molecular formula is C23H23N3O5. The number of carbonyl (C=O) groups excluding carboxylic acids is 4. The molecule has 0 radical (unpaired) electrons. The monoisotopic (exact) mass is 421 g/mol. The molecule has 4 amide bonds. The van der Waals surface area contributed by atoms with Crippen LogP contribution < -0.4 is 15.0 Å². The van der Waals surface area contributed by atoms with Crippen molar-refractivity contribution in [2.24, 2.45) is 0 Å². The highest BCUT2D eigenvalue weighted by molar-refractivity contribution is 6.21. The zero-order valence-corrected chi connectivity index (χ0v) is 17.2. The summed E-state index contributed by atoms with van der Waals surface area (Å²) in [5.74, 6) is -0.259. The second-order valence-corrected chi connectivity index (χ2v) is 7.59. The SMILES string of the molecule is COc1cccc(N2C[C@H](NC(=O)CCCN3C(=O)c4ccccc4C3=O)CC2=O)c1. The minimum atomic E-state index is -0.323. The van der Waals surface area contributed by atoms with Crippen LogP contribution in [0.1, 0.15) is 40.0 Å². The van der Waals surface area contributed by atoms with E-state index in [0.717, 1.165) is 5.69 Å². The summed E-state index contributed by atoms with van der Waals surface area (Å²) in [5, 5.41) is 2.88. The van der Waals surface area contributed by atoms with Crippen LogP contribution >= 0.6 is 0 Å². The van der Waals surface area contributed by atoms with Gasteiger partial charge in [-0.25, -0.2) is 0 Å². The van der Waals surface area contributed by atoms with Crippen molar-refractivity contribution in [3.05, 3.63) is 59.7 Å². The van der Waals surface area contributed by atoms with Gasteiger partial charge in [-0.2, -0.15) is 0 Å². The maximum absolute atomic E-state index is 12.4. The summed E-state index contributed by atoms with van der Waals surface area (Å²) < 4.78 is 5.20. The molecule has 31 heavy (non-hydrogen) atoms. The molecule has 0 aromatic heterocycles. The van der Waals surface area contributed by atoms with E-state index in [1.54, 1.807) is 48.4 Å². The highest BCUT2D eigenvalue weighted by Gasteiger charge is 2.35. The number of fused-ring (bicyclic) bond motifs is 1. The minimum Gasteiger partial charge on any atom is -0.497 e. The van der Waals surface area contributed by atoms with E-state index in [2.05, 4.69) is 5.32 Å². The maximum atomic E-state index is 12.4. The Morgan fingerprint density at radius 3 is 2.45 bits per heavy atom. The third-order valence-corrected chi connectivity index (χ3v) is 5.52. The number of benzene rings is 2. The lowest BCUT2D eigenvalue weighted by atomic mass is 10.1. The summed E-state index contributed by atoms with van der Waals surface area (Å²) in [7, 11) is 1.57. The van der Waals surface area contributed by atoms with Crippen molar-refractivity contribution >= 4 is 29.3 Å². The fraction of sp³-hybridized carbons (Fsp3) is 0.304. The van der Waals surface area contributed by atoms with Gasteiger partial charge in [-0.05, 0) is 30.7 Å². The summed E-state index contributed by atoms with van der Waals surface area (Å²) in [6, 6.07) is 13.6. The fourth-order valence-electron chi connectivity index (χ4n) is 3.97. The van der Waals surface area contributed by atoms with Crippen molar-refractivity contribution in [2.75, 3.05) is 25.1 Å². The van der Waals surface area contributed by atoms with Gasteiger partial charge in [0, 0.05) is 37.7 Å². The van der Waals surface area contributed by atoms with Gasteiger partial charge in [0.2, 0.25) is 11.8 Å². The van der Waals surface area contributed by atoms with Crippen molar-refractivity contribution in [3.63, 3.8) is 0 Å². The predicted molar refractivity (Wildman–Crippen MR) is 113 cm³/mol. The number of anilines is 1. The maximum Gasteiger partial charge on any atom is 0.261 e. The van der Waals surface area contributed by atoms with Crippen molar-refractivity contribution in [1.82, 2.24) is 10.2 Å². The molecule has 0 saturated carbocycles. The van der Waals surface area contributed by atoms with E-state index in [4.69, 9.17) is 4.74 Å². The van der Waals surface area contributed by atoms with Crippen molar-refractivity contribution in [2.45, 2.75) is 25.3 Å². The number of ether oxygens (including phenoxy) is 1. The van der Waals surface area contributed by atoms with E-state index in [1.807, 2.05) is 12.1 Å². The second kappa shape index (κ2) is 8.59. The molecule has 2 heterocycles. The Morgan fingerprint density at radius 1 is 1.06 bits per heavy atom. The van der Waals surface area contributed by atoms with Crippen LogP contribution in [0.5, 0.6) is 5.75 Å². The van der Waals surface area contributed by atoms with Gasteiger partial charge >= 0.3 is 0 Å². The number of nitrogens with one attached hydrogen (secondary N) is 1. The Labute approximate surface area is 179 Å².